The molecule has 0 atom stereocenters. The summed E-state index contributed by atoms with van der Waals surface area (Å²) >= 11 is 0. The lowest BCUT2D eigenvalue weighted by molar-refractivity contribution is 1.08. The average Bonchev–Trinajstić information content (AvgIpc) is 3.72. The van der Waals surface area contributed by atoms with E-state index in [-0.39, 0.29) is 0 Å². The first-order chi connectivity index (χ1) is 24.8. The Bertz CT molecular complexity index is 3150. The quantitative estimate of drug-likeness (QED) is 0.193. The van der Waals surface area contributed by atoms with Crippen molar-refractivity contribution < 1.29 is 0 Å². The van der Waals surface area contributed by atoms with Crippen LogP contribution in [0.5, 0.6) is 0 Å². The molecule has 0 spiro atoms. The van der Waals surface area contributed by atoms with Crippen molar-refractivity contribution in [3.8, 4) is 22.8 Å². The van der Waals surface area contributed by atoms with E-state index in [4.69, 9.17) is 9.97 Å². The van der Waals surface area contributed by atoms with Crippen LogP contribution in [0.15, 0.2) is 170 Å². The summed E-state index contributed by atoms with van der Waals surface area (Å²) in [6.45, 7) is 0. The largest absolute Gasteiger partial charge is 0.307 e. The van der Waals surface area contributed by atoms with Crippen molar-refractivity contribution in [2.75, 3.05) is 0 Å². The van der Waals surface area contributed by atoms with Gasteiger partial charge in [-0.05, 0) is 64.0 Å². The Morgan fingerprint density at radius 1 is 0.380 bits per heavy atom. The highest BCUT2D eigenvalue weighted by Crippen LogP contribution is 2.47. The highest BCUT2D eigenvalue weighted by molar-refractivity contribution is 6.36. The molecule has 4 heteroatoms. The maximum Gasteiger partial charge on any atom is 0.165 e. The second-order valence-corrected chi connectivity index (χ2v) is 13.0. The molecule has 0 amide bonds. The SMILES string of the molecule is c1ccc(-n2c3ccccc3c3c4ccccc4c4c5ccccc5n(-c5nc6ccccc6nc5-c5ccc6ccccc6c5)c4c32)cc1. The maximum atomic E-state index is 5.51. The Hall–Kier alpha value is -6.78. The predicted octanol–water partition coefficient (Wildman–Crippen LogP) is 11.8. The third kappa shape index (κ3) is 3.76. The zero-order valence-electron chi connectivity index (χ0n) is 27.0. The number of benzene rings is 8. The summed E-state index contributed by atoms with van der Waals surface area (Å²) in [7, 11) is 0. The van der Waals surface area contributed by atoms with Gasteiger partial charge >= 0.3 is 0 Å². The van der Waals surface area contributed by atoms with Gasteiger partial charge in [-0.3, -0.25) is 4.57 Å². The van der Waals surface area contributed by atoms with Gasteiger partial charge in [0.05, 0.1) is 33.1 Å². The van der Waals surface area contributed by atoms with E-state index in [0.29, 0.717) is 0 Å². The van der Waals surface area contributed by atoms with Gasteiger partial charge in [0.2, 0.25) is 0 Å². The zero-order chi connectivity index (χ0) is 32.8. The highest BCUT2D eigenvalue weighted by Gasteiger charge is 2.26. The van der Waals surface area contributed by atoms with E-state index in [2.05, 4.69) is 167 Å². The minimum atomic E-state index is 0.812. The van der Waals surface area contributed by atoms with Gasteiger partial charge in [0.1, 0.15) is 5.69 Å². The number of aromatic nitrogens is 4. The van der Waals surface area contributed by atoms with Crippen molar-refractivity contribution in [3.63, 3.8) is 0 Å². The second-order valence-electron chi connectivity index (χ2n) is 13.0. The standard InChI is InChI=1S/C46H28N4/c1-2-16-32(17-3-1)49-39-24-12-8-20-35(39)41-33-18-6-7-19-34(33)42-36-21-9-13-25-40(36)50(45(42)44(41)49)46-43(47-37-22-10-11-23-38(37)48-46)31-27-26-29-14-4-5-15-30(29)28-31/h1-28H. The summed E-state index contributed by atoms with van der Waals surface area (Å²) < 4.78 is 4.83. The molecule has 4 nitrogen and oxygen atoms in total. The van der Waals surface area contributed by atoms with Gasteiger partial charge in [-0.25, -0.2) is 9.97 Å². The van der Waals surface area contributed by atoms with Gasteiger partial charge in [0.15, 0.2) is 5.82 Å². The summed E-state index contributed by atoms with van der Waals surface area (Å²) in [5.74, 6) is 0.812. The molecule has 8 aromatic carbocycles. The van der Waals surface area contributed by atoms with Crippen molar-refractivity contribution in [1.82, 2.24) is 19.1 Å². The Morgan fingerprint density at radius 2 is 0.900 bits per heavy atom. The summed E-state index contributed by atoms with van der Waals surface area (Å²) in [6.07, 6.45) is 0. The van der Waals surface area contributed by atoms with Crippen molar-refractivity contribution in [2.45, 2.75) is 0 Å². The Labute approximate surface area is 287 Å². The van der Waals surface area contributed by atoms with Crippen LogP contribution in [-0.4, -0.2) is 19.1 Å². The molecule has 11 rings (SSSR count). The molecule has 50 heavy (non-hydrogen) atoms. The molecule has 0 aliphatic heterocycles. The zero-order valence-corrected chi connectivity index (χ0v) is 27.0. The molecule has 3 heterocycles. The van der Waals surface area contributed by atoms with E-state index in [9.17, 15) is 0 Å². The number of nitrogens with zero attached hydrogens (tertiary/aromatic N) is 4. The van der Waals surface area contributed by atoms with E-state index in [1.165, 1.54) is 48.6 Å². The third-order valence-electron chi connectivity index (χ3n) is 10.2. The Balaban J connectivity index is 1.42. The van der Waals surface area contributed by atoms with Gasteiger partial charge in [-0.15, -0.1) is 0 Å². The molecular weight excluding hydrogens is 609 g/mol. The second kappa shape index (κ2) is 10.4. The van der Waals surface area contributed by atoms with E-state index in [1.807, 2.05) is 12.1 Å². The molecule has 0 aliphatic carbocycles. The van der Waals surface area contributed by atoms with E-state index < -0.39 is 0 Å². The Kier molecular flexibility index (Phi) is 5.63. The molecule has 0 unspecified atom stereocenters. The fraction of sp³-hybridized carbons (Fsp3) is 0. The minimum Gasteiger partial charge on any atom is -0.307 e. The molecular formula is C46H28N4. The fourth-order valence-corrected chi connectivity index (χ4v) is 8.13. The van der Waals surface area contributed by atoms with Crippen LogP contribution < -0.4 is 0 Å². The highest BCUT2D eigenvalue weighted by atomic mass is 15.1. The van der Waals surface area contributed by atoms with Crippen molar-refractivity contribution >= 4 is 76.2 Å². The summed E-state index contributed by atoms with van der Waals surface area (Å²) in [6, 6.07) is 60.5. The van der Waals surface area contributed by atoms with E-state index >= 15 is 0 Å². The Morgan fingerprint density at radius 3 is 1.60 bits per heavy atom. The third-order valence-corrected chi connectivity index (χ3v) is 10.2. The van der Waals surface area contributed by atoms with Crippen LogP contribution >= 0.6 is 0 Å². The van der Waals surface area contributed by atoms with E-state index in [0.717, 1.165) is 50.3 Å². The summed E-state index contributed by atoms with van der Waals surface area (Å²) in [5, 5.41) is 9.69. The molecule has 0 radical (unpaired) electrons. The molecule has 0 saturated carbocycles. The van der Waals surface area contributed by atoms with Gasteiger partial charge < -0.3 is 4.57 Å². The van der Waals surface area contributed by atoms with Crippen LogP contribution in [0.3, 0.4) is 0 Å². The molecule has 0 bridgehead atoms. The lowest BCUT2D eigenvalue weighted by Crippen LogP contribution is -2.05. The van der Waals surface area contributed by atoms with Crippen LogP contribution in [-0.2, 0) is 0 Å². The minimum absolute atomic E-state index is 0.812. The summed E-state index contributed by atoms with van der Waals surface area (Å²) in [5.41, 5.74) is 9.26. The molecule has 0 aliphatic rings. The van der Waals surface area contributed by atoms with E-state index in [1.54, 1.807) is 0 Å². The number of rotatable bonds is 3. The molecule has 232 valence electrons. The van der Waals surface area contributed by atoms with Crippen molar-refractivity contribution in [2.24, 2.45) is 0 Å². The number of para-hydroxylation sites is 5. The first kappa shape index (κ1) is 27.2. The van der Waals surface area contributed by atoms with Crippen molar-refractivity contribution in [1.29, 1.82) is 0 Å². The summed E-state index contributed by atoms with van der Waals surface area (Å²) in [4.78, 5) is 10.9. The number of fused-ring (bicyclic) bond motifs is 12. The predicted molar refractivity (Wildman–Crippen MR) is 209 cm³/mol. The number of hydrogen-bond donors (Lipinski definition) is 0. The lowest BCUT2D eigenvalue weighted by Gasteiger charge is -2.16. The molecule has 0 N–H and O–H groups in total. The van der Waals surface area contributed by atoms with Gasteiger partial charge in [0, 0.05) is 32.8 Å². The fourth-order valence-electron chi connectivity index (χ4n) is 8.13. The van der Waals surface area contributed by atoms with Crippen LogP contribution in [0.4, 0.5) is 0 Å². The first-order valence-corrected chi connectivity index (χ1v) is 17.0. The topological polar surface area (TPSA) is 35.6 Å². The first-order valence-electron chi connectivity index (χ1n) is 17.0. The van der Waals surface area contributed by atoms with Gasteiger partial charge in [-0.1, -0.05) is 127 Å². The van der Waals surface area contributed by atoms with Gasteiger partial charge in [-0.2, -0.15) is 0 Å². The molecule has 0 fully saturated rings. The lowest BCUT2D eigenvalue weighted by atomic mass is 9.98. The van der Waals surface area contributed by atoms with Gasteiger partial charge in [0.25, 0.3) is 0 Å². The van der Waals surface area contributed by atoms with Crippen LogP contribution in [0, 0.1) is 0 Å². The molecule has 11 aromatic rings. The number of hydrogen-bond acceptors (Lipinski definition) is 2. The maximum absolute atomic E-state index is 5.51. The van der Waals surface area contributed by atoms with Crippen LogP contribution in [0.25, 0.3) is 99.0 Å². The van der Waals surface area contributed by atoms with Crippen LogP contribution in [0.2, 0.25) is 0 Å². The molecule has 3 aromatic heterocycles. The average molecular weight is 637 g/mol. The monoisotopic (exact) mass is 636 g/mol. The molecule has 0 saturated heterocycles. The van der Waals surface area contributed by atoms with Crippen LogP contribution in [0.1, 0.15) is 0 Å². The smallest absolute Gasteiger partial charge is 0.165 e. The normalized spacial score (nSPS) is 12.0. The van der Waals surface area contributed by atoms with Crippen molar-refractivity contribution in [3.05, 3.63) is 170 Å².